The summed E-state index contributed by atoms with van der Waals surface area (Å²) >= 11 is 0. The van der Waals surface area contributed by atoms with Gasteiger partial charge in [0.1, 0.15) is 6.04 Å². The molecule has 1 saturated carbocycles. The van der Waals surface area contributed by atoms with Crippen LogP contribution in [0.2, 0.25) is 0 Å². The van der Waals surface area contributed by atoms with Gasteiger partial charge in [0.2, 0.25) is 5.91 Å². The quantitative estimate of drug-likeness (QED) is 0.820. The lowest BCUT2D eigenvalue weighted by molar-refractivity contribution is -0.198. The van der Waals surface area contributed by atoms with Crippen molar-refractivity contribution in [2.45, 2.75) is 58.2 Å². The average molecular weight is 309 g/mol. The highest BCUT2D eigenvalue weighted by Crippen LogP contribution is 2.41. The minimum atomic E-state index is -4.42. The van der Waals surface area contributed by atoms with Gasteiger partial charge in [-0.05, 0) is 18.8 Å². The standard InChI is InChI=1S/C14H22F3NO3/c1-3-8(2)11(13(20)21)18-12(19)9-6-4-5-7-10(9)14(15,16)17/h8-11H,3-7H2,1-2H3,(H,18,19)(H,20,21)/t8?,9?,10?,11-/m0/s1. The van der Waals surface area contributed by atoms with Gasteiger partial charge < -0.3 is 10.4 Å². The van der Waals surface area contributed by atoms with E-state index in [2.05, 4.69) is 5.32 Å². The van der Waals surface area contributed by atoms with Crippen LogP contribution in [-0.4, -0.2) is 29.2 Å². The van der Waals surface area contributed by atoms with Crippen LogP contribution in [0.25, 0.3) is 0 Å². The van der Waals surface area contributed by atoms with Crippen LogP contribution >= 0.6 is 0 Å². The van der Waals surface area contributed by atoms with Crippen LogP contribution in [0.1, 0.15) is 46.0 Å². The van der Waals surface area contributed by atoms with Crippen LogP contribution in [0, 0.1) is 17.8 Å². The third kappa shape index (κ3) is 4.61. The number of carboxylic acids is 1. The van der Waals surface area contributed by atoms with Gasteiger partial charge in [0.05, 0.1) is 5.92 Å². The molecule has 1 amide bonds. The first-order chi connectivity index (χ1) is 9.68. The van der Waals surface area contributed by atoms with Crippen LogP contribution in [0.15, 0.2) is 0 Å². The van der Waals surface area contributed by atoms with Gasteiger partial charge in [-0.3, -0.25) is 4.79 Å². The molecule has 21 heavy (non-hydrogen) atoms. The molecule has 4 atom stereocenters. The van der Waals surface area contributed by atoms with Crippen molar-refractivity contribution in [3.63, 3.8) is 0 Å². The summed E-state index contributed by atoms with van der Waals surface area (Å²) in [5.74, 6) is -5.18. The maximum Gasteiger partial charge on any atom is 0.392 e. The molecule has 122 valence electrons. The Kier molecular flexibility index (Phi) is 6.04. The Morgan fingerprint density at radius 3 is 2.33 bits per heavy atom. The number of halogens is 3. The average Bonchev–Trinajstić information content (AvgIpc) is 2.42. The Balaban J connectivity index is 2.82. The third-order valence-corrected chi connectivity index (χ3v) is 4.30. The lowest BCUT2D eigenvalue weighted by Gasteiger charge is -2.33. The highest BCUT2D eigenvalue weighted by molar-refractivity contribution is 5.85. The number of rotatable bonds is 5. The van der Waals surface area contributed by atoms with Crippen LogP contribution in [0.5, 0.6) is 0 Å². The number of carboxylic acid groups (broad SMARTS) is 1. The molecule has 7 heteroatoms. The van der Waals surface area contributed by atoms with Crippen LogP contribution < -0.4 is 5.32 Å². The van der Waals surface area contributed by atoms with Gasteiger partial charge >= 0.3 is 12.1 Å². The summed E-state index contributed by atoms with van der Waals surface area (Å²) in [6.45, 7) is 3.42. The van der Waals surface area contributed by atoms with Gasteiger partial charge in [-0.2, -0.15) is 13.2 Å². The minimum absolute atomic E-state index is 0.0668. The molecule has 0 aromatic carbocycles. The molecular formula is C14H22F3NO3. The van der Waals surface area contributed by atoms with E-state index in [4.69, 9.17) is 5.11 Å². The minimum Gasteiger partial charge on any atom is -0.480 e. The smallest absolute Gasteiger partial charge is 0.392 e. The Morgan fingerprint density at radius 2 is 1.86 bits per heavy atom. The second-order valence-corrected chi connectivity index (χ2v) is 5.75. The first-order valence-corrected chi connectivity index (χ1v) is 7.28. The number of hydrogen-bond donors (Lipinski definition) is 2. The van der Waals surface area contributed by atoms with E-state index in [0.29, 0.717) is 19.3 Å². The lowest BCUT2D eigenvalue weighted by atomic mass is 9.78. The molecule has 1 aliphatic rings. The van der Waals surface area contributed by atoms with E-state index in [1.165, 1.54) is 0 Å². The van der Waals surface area contributed by atoms with Gasteiger partial charge in [0.15, 0.2) is 0 Å². The van der Waals surface area contributed by atoms with E-state index in [1.54, 1.807) is 13.8 Å². The highest BCUT2D eigenvalue weighted by atomic mass is 19.4. The number of hydrogen-bond acceptors (Lipinski definition) is 2. The summed E-state index contributed by atoms with van der Waals surface area (Å²) in [7, 11) is 0. The molecule has 0 aliphatic heterocycles. The number of aliphatic carboxylic acids is 1. The Labute approximate surface area is 122 Å². The predicted octanol–water partition coefficient (Wildman–Crippen LogP) is 2.97. The molecule has 1 rings (SSSR count). The van der Waals surface area contributed by atoms with E-state index < -0.39 is 35.9 Å². The first-order valence-electron chi connectivity index (χ1n) is 7.28. The fraction of sp³-hybridized carbons (Fsp3) is 0.857. The zero-order valence-electron chi connectivity index (χ0n) is 12.2. The summed E-state index contributed by atoms with van der Waals surface area (Å²) in [6, 6.07) is -1.14. The van der Waals surface area contributed by atoms with E-state index in [9.17, 15) is 22.8 Å². The summed E-state index contributed by atoms with van der Waals surface area (Å²) in [5.41, 5.74) is 0. The van der Waals surface area contributed by atoms with E-state index in [0.717, 1.165) is 0 Å². The predicted molar refractivity (Wildman–Crippen MR) is 70.5 cm³/mol. The monoisotopic (exact) mass is 309 g/mol. The highest BCUT2D eigenvalue weighted by Gasteiger charge is 2.48. The zero-order valence-corrected chi connectivity index (χ0v) is 12.2. The van der Waals surface area contributed by atoms with Crippen molar-refractivity contribution in [2.75, 3.05) is 0 Å². The van der Waals surface area contributed by atoms with Crippen LogP contribution in [-0.2, 0) is 9.59 Å². The van der Waals surface area contributed by atoms with Gasteiger partial charge in [-0.1, -0.05) is 33.1 Å². The largest absolute Gasteiger partial charge is 0.480 e. The molecule has 0 saturated heterocycles. The molecule has 0 radical (unpaired) electrons. The van der Waals surface area contributed by atoms with E-state index in [-0.39, 0.29) is 18.8 Å². The second kappa shape index (κ2) is 7.13. The number of amides is 1. The van der Waals surface area contributed by atoms with Crippen LogP contribution in [0.3, 0.4) is 0 Å². The third-order valence-electron chi connectivity index (χ3n) is 4.30. The van der Waals surface area contributed by atoms with Crippen molar-refractivity contribution in [1.82, 2.24) is 5.32 Å². The lowest BCUT2D eigenvalue weighted by Crippen LogP contribution is -2.50. The number of carbonyl (C=O) groups excluding carboxylic acids is 1. The summed E-state index contributed by atoms with van der Waals surface area (Å²) in [5, 5.41) is 11.4. The maximum atomic E-state index is 13.0. The van der Waals surface area contributed by atoms with Crippen molar-refractivity contribution < 1.29 is 27.9 Å². The van der Waals surface area contributed by atoms with Crippen molar-refractivity contribution in [3.8, 4) is 0 Å². The summed E-state index contributed by atoms with van der Waals surface area (Å²) in [4.78, 5) is 23.3. The zero-order chi connectivity index (χ0) is 16.2. The van der Waals surface area contributed by atoms with Crippen LogP contribution in [0.4, 0.5) is 13.2 Å². The molecule has 0 bridgehead atoms. The van der Waals surface area contributed by atoms with Gasteiger partial charge in [0, 0.05) is 5.92 Å². The van der Waals surface area contributed by atoms with E-state index in [1.807, 2.05) is 0 Å². The fourth-order valence-corrected chi connectivity index (χ4v) is 2.78. The fourth-order valence-electron chi connectivity index (χ4n) is 2.78. The first kappa shape index (κ1) is 17.8. The Morgan fingerprint density at radius 1 is 1.29 bits per heavy atom. The molecule has 1 aliphatic carbocycles. The van der Waals surface area contributed by atoms with Gasteiger partial charge in [-0.15, -0.1) is 0 Å². The van der Waals surface area contributed by atoms with Crippen molar-refractivity contribution in [1.29, 1.82) is 0 Å². The molecule has 0 heterocycles. The van der Waals surface area contributed by atoms with E-state index >= 15 is 0 Å². The molecule has 0 spiro atoms. The van der Waals surface area contributed by atoms with Gasteiger partial charge in [0.25, 0.3) is 0 Å². The van der Waals surface area contributed by atoms with Crippen molar-refractivity contribution >= 4 is 11.9 Å². The number of alkyl halides is 3. The molecule has 4 nitrogen and oxygen atoms in total. The molecule has 3 unspecified atom stereocenters. The molecular weight excluding hydrogens is 287 g/mol. The second-order valence-electron chi connectivity index (χ2n) is 5.75. The van der Waals surface area contributed by atoms with Gasteiger partial charge in [-0.25, -0.2) is 4.79 Å². The summed E-state index contributed by atoms with van der Waals surface area (Å²) < 4.78 is 38.9. The summed E-state index contributed by atoms with van der Waals surface area (Å²) in [6.07, 6.45) is -2.80. The maximum absolute atomic E-state index is 13.0. The SMILES string of the molecule is CCC(C)[C@H](NC(=O)C1CCCCC1C(F)(F)F)C(=O)O. The number of carbonyl (C=O) groups is 2. The number of nitrogens with one attached hydrogen (secondary N) is 1. The Bertz CT molecular complexity index is 384. The normalized spacial score (nSPS) is 26.0. The molecule has 1 fully saturated rings. The molecule has 0 aromatic rings. The molecule has 0 aromatic heterocycles. The molecule has 2 N–H and O–H groups in total. The topological polar surface area (TPSA) is 66.4 Å². The van der Waals surface area contributed by atoms with Crippen molar-refractivity contribution in [3.05, 3.63) is 0 Å². The van der Waals surface area contributed by atoms with Crippen molar-refractivity contribution in [2.24, 2.45) is 17.8 Å². The Hall–Kier alpha value is -1.27.